The minimum atomic E-state index is -3.62. The number of nitrogens with zero attached hydrogens (tertiary/aromatic N) is 2. The standard InChI is InChI=1S/C26H35N3O4S/c1-25(2,3)21-11-13-22(14-12-21)34(32,33)29-17-15-28(16-18-29)24(31)20-9-7-19(8-10-20)23(30)27-26(4,5)6/h7-14H,15-18H2,1-6H3,(H,27,30). The molecule has 1 heterocycles. The smallest absolute Gasteiger partial charge is 0.253 e. The van der Waals surface area contributed by atoms with E-state index in [9.17, 15) is 18.0 Å². The van der Waals surface area contributed by atoms with Crippen molar-refractivity contribution in [2.75, 3.05) is 26.2 Å². The first-order valence-corrected chi connectivity index (χ1v) is 12.9. The Morgan fingerprint density at radius 1 is 0.765 bits per heavy atom. The number of carbonyl (C=O) groups excluding carboxylic acids is 2. The quantitative estimate of drug-likeness (QED) is 0.716. The van der Waals surface area contributed by atoms with Crippen LogP contribution in [0.15, 0.2) is 53.4 Å². The van der Waals surface area contributed by atoms with Gasteiger partial charge in [-0.1, -0.05) is 32.9 Å². The largest absolute Gasteiger partial charge is 0.347 e. The first-order valence-electron chi connectivity index (χ1n) is 11.5. The Balaban J connectivity index is 1.63. The molecule has 0 unspecified atom stereocenters. The van der Waals surface area contributed by atoms with Crippen molar-refractivity contribution in [1.29, 1.82) is 0 Å². The van der Waals surface area contributed by atoms with Crippen molar-refractivity contribution in [2.45, 2.75) is 57.4 Å². The van der Waals surface area contributed by atoms with Gasteiger partial charge in [-0.05, 0) is 68.1 Å². The molecule has 0 atom stereocenters. The highest BCUT2D eigenvalue weighted by Gasteiger charge is 2.31. The van der Waals surface area contributed by atoms with E-state index in [0.717, 1.165) is 5.56 Å². The fourth-order valence-corrected chi connectivity index (χ4v) is 5.19. The van der Waals surface area contributed by atoms with Crippen LogP contribution in [0.25, 0.3) is 0 Å². The van der Waals surface area contributed by atoms with Crippen LogP contribution in [0.5, 0.6) is 0 Å². The molecule has 0 saturated carbocycles. The van der Waals surface area contributed by atoms with E-state index in [0.29, 0.717) is 24.2 Å². The zero-order chi connectivity index (χ0) is 25.3. The zero-order valence-electron chi connectivity index (χ0n) is 20.9. The normalized spacial score (nSPS) is 15.8. The molecule has 2 aromatic carbocycles. The van der Waals surface area contributed by atoms with E-state index in [1.54, 1.807) is 41.3 Å². The van der Waals surface area contributed by atoms with Gasteiger partial charge in [-0.15, -0.1) is 0 Å². The molecule has 3 rings (SSSR count). The SMILES string of the molecule is CC(C)(C)NC(=O)c1ccc(C(=O)N2CCN(S(=O)(=O)c3ccc(C(C)(C)C)cc3)CC2)cc1. The summed E-state index contributed by atoms with van der Waals surface area (Å²) >= 11 is 0. The molecule has 0 aromatic heterocycles. The summed E-state index contributed by atoms with van der Waals surface area (Å²) in [6.45, 7) is 13.1. The van der Waals surface area contributed by atoms with Gasteiger partial charge in [-0.25, -0.2) is 8.42 Å². The fourth-order valence-electron chi connectivity index (χ4n) is 3.77. The van der Waals surface area contributed by atoms with Crippen LogP contribution in [0, 0.1) is 0 Å². The molecule has 1 saturated heterocycles. The number of amides is 2. The Labute approximate surface area is 203 Å². The Bertz CT molecular complexity index is 1130. The summed E-state index contributed by atoms with van der Waals surface area (Å²) in [4.78, 5) is 27.1. The molecule has 0 bridgehead atoms. The summed E-state index contributed by atoms with van der Waals surface area (Å²) in [5.41, 5.74) is 1.63. The minimum absolute atomic E-state index is 0.0527. The van der Waals surface area contributed by atoms with E-state index in [2.05, 4.69) is 26.1 Å². The maximum Gasteiger partial charge on any atom is 0.253 e. The van der Waals surface area contributed by atoms with Gasteiger partial charge in [0.05, 0.1) is 4.90 Å². The molecule has 1 fully saturated rings. The molecule has 1 aliphatic rings. The predicted molar refractivity (Wildman–Crippen MR) is 133 cm³/mol. The average molecular weight is 486 g/mol. The molecule has 2 amide bonds. The fraction of sp³-hybridized carbons (Fsp3) is 0.462. The van der Waals surface area contributed by atoms with Gasteiger partial charge in [0.1, 0.15) is 0 Å². The maximum absolute atomic E-state index is 13.1. The van der Waals surface area contributed by atoms with Crippen molar-refractivity contribution >= 4 is 21.8 Å². The molecule has 184 valence electrons. The lowest BCUT2D eigenvalue weighted by molar-refractivity contribution is 0.0697. The lowest BCUT2D eigenvalue weighted by atomic mass is 9.87. The first kappa shape index (κ1) is 25.9. The third-order valence-electron chi connectivity index (χ3n) is 5.77. The van der Waals surface area contributed by atoms with Crippen molar-refractivity contribution < 1.29 is 18.0 Å². The van der Waals surface area contributed by atoms with Crippen LogP contribution in [-0.2, 0) is 15.4 Å². The van der Waals surface area contributed by atoms with Crippen molar-refractivity contribution in [1.82, 2.24) is 14.5 Å². The van der Waals surface area contributed by atoms with Gasteiger partial charge in [0.2, 0.25) is 10.0 Å². The van der Waals surface area contributed by atoms with E-state index >= 15 is 0 Å². The van der Waals surface area contributed by atoms with E-state index in [-0.39, 0.29) is 40.8 Å². The van der Waals surface area contributed by atoms with Crippen LogP contribution in [0.4, 0.5) is 0 Å². The number of benzene rings is 2. The molecular formula is C26H35N3O4S. The number of rotatable bonds is 4. The van der Waals surface area contributed by atoms with Gasteiger partial charge < -0.3 is 10.2 Å². The van der Waals surface area contributed by atoms with Gasteiger partial charge in [0.25, 0.3) is 11.8 Å². The molecule has 0 spiro atoms. The molecule has 8 heteroatoms. The van der Waals surface area contributed by atoms with Crippen LogP contribution < -0.4 is 5.32 Å². The second-order valence-corrected chi connectivity index (χ2v) is 12.7. The molecule has 34 heavy (non-hydrogen) atoms. The second kappa shape index (κ2) is 9.50. The van der Waals surface area contributed by atoms with Crippen LogP contribution in [0.3, 0.4) is 0 Å². The first-order chi connectivity index (χ1) is 15.7. The maximum atomic E-state index is 13.1. The van der Waals surface area contributed by atoms with Crippen molar-refractivity contribution in [2.24, 2.45) is 0 Å². The molecule has 7 nitrogen and oxygen atoms in total. The second-order valence-electron chi connectivity index (χ2n) is 10.8. The van der Waals surface area contributed by atoms with Crippen LogP contribution in [0.1, 0.15) is 67.8 Å². The minimum Gasteiger partial charge on any atom is -0.347 e. The highest BCUT2D eigenvalue weighted by molar-refractivity contribution is 7.89. The number of nitrogens with one attached hydrogen (secondary N) is 1. The van der Waals surface area contributed by atoms with Gasteiger partial charge in [-0.2, -0.15) is 4.31 Å². The van der Waals surface area contributed by atoms with E-state index in [4.69, 9.17) is 0 Å². The number of carbonyl (C=O) groups is 2. The number of piperazine rings is 1. The molecule has 0 radical (unpaired) electrons. The average Bonchev–Trinajstić information content (AvgIpc) is 2.77. The van der Waals surface area contributed by atoms with E-state index < -0.39 is 10.0 Å². The summed E-state index contributed by atoms with van der Waals surface area (Å²) in [5, 5.41) is 2.89. The zero-order valence-corrected chi connectivity index (χ0v) is 21.7. The third-order valence-corrected chi connectivity index (χ3v) is 7.68. The molecule has 1 N–H and O–H groups in total. The van der Waals surface area contributed by atoms with Gasteiger partial charge in [0, 0.05) is 42.8 Å². The summed E-state index contributed by atoms with van der Waals surface area (Å²) < 4.78 is 27.6. The lowest BCUT2D eigenvalue weighted by Crippen LogP contribution is -2.50. The summed E-state index contributed by atoms with van der Waals surface area (Å²) in [6.07, 6.45) is 0. The molecule has 2 aromatic rings. The van der Waals surface area contributed by atoms with Crippen molar-refractivity contribution in [3.8, 4) is 0 Å². The summed E-state index contributed by atoms with van der Waals surface area (Å²) in [6, 6.07) is 13.6. The van der Waals surface area contributed by atoms with Gasteiger partial charge >= 0.3 is 0 Å². The van der Waals surface area contributed by atoms with E-state index in [1.165, 1.54) is 4.31 Å². The van der Waals surface area contributed by atoms with Gasteiger partial charge in [-0.3, -0.25) is 9.59 Å². The Morgan fingerprint density at radius 3 is 1.74 bits per heavy atom. The van der Waals surface area contributed by atoms with Crippen LogP contribution in [-0.4, -0.2) is 61.2 Å². The van der Waals surface area contributed by atoms with Crippen LogP contribution >= 0.6 is 0 Å². The number of sulfonamides is 1. The third kappa shape index (κ3) is 6.04. The number of hydrogen-bond acceptors (Lipinski definition) is 4. The Morgan fingerprint density at radius 2 is 1.26 bits per heavy atom. The van der Waals surface area contributed by atoms with Crippen LogP contribution in [0.2, 0.25) is 0 Å². The monoisotopic (exact) mass is 485 g/mol. The topological polar surface area (TPSA) is 86.8 Å². The lowest BCUT2D eigenvalue weighted by Gasteiger charge is -2.34. The molecule has 1 aliphatic heterocycles. The van der Waals surface area contributed by atoms with Crippen molar-refractivity contribution in [3.05, 3.63) is 65.2 Å². The molecular weight excluding hydrogens is 450 g/mol. The highest BCUT2D eigenvalue weighted by atomic mass is 32.2. The van der Waals surface area contributed by atoms with Gasteiger partial charge in [0.15, 0.2) is 0 Å². The Hall–Kier alpha value is -2.71. The summed E-state index contributed by atoms with van der Waals surface area (Å²) in [7, 11) is -3.62. The Kier molecular flexibility index (Phi) is 7.24. The highest BCUT2D eigenvalue weighted by Crippen LogP contribution is 2.25. The number of hydrogen-bond donors (Lipinski definition) is 1. The summed E-state index contributed by atoms with van der Waals surface area (Å²) in [5.74, 6) is -0.366. The van der Waals surface area contributed by atoms with Crippen molar-refractivity contribution in [3.63, 3.8) is 0 Å². The molecule has 0 aliphatic carbocycles. The predicted octanol–water partition coefficient (Wildman–Crippen LogP) is 3.66. The van der Waals surface area contributed by atoms with E-state index in [1.807, 2.05) is 32.9 Å².